The molecule has 1 aromatic heterocycles. The molecule has 0 aliphatic rings. The fraction of sp³-hybridized carbons (Fsp3) is 0.500. The Morgan fingerprint density at radius 1 is 1.43 bits per heavy atom. The summed E-state index contributed by atoms with van der Waals surface area (Å²) in [6, 6.07) is 4.02. The van der Waals surface area contributed by atoms with Gasteiger partial charge in [-0.05, 0) is 48.3 Å². The molecule has 0 aromatic carbocycles. The van der Waals surface area contributed by atoms with Gasteiger partial charge in [0.15, 0.2) is 0 Å². The normalized spacial score (nSPS) is 11.7. The Morgan fingerprint density at radius 2 is 2.14 bits per heavy atom. The first-order valence-electron chi connectivity index (χ1n) is 4.49. The molecule has 1 heterocycles. The molecule has 0 saturated heterocycles. The second-order valence-corrected chi connectivity index (χ2v) is 6.55. The Hall–Kier alpha value is -0.0600. The molecule has 1 rings (SSSR count). The van der Waals surface area contributed by atoms with Gasteiger partial charge in [-0.2, -0.15) is 0 Å². The maximum Gasteiger partial charge on any atom is 0.106 e. The number of nitrogens with one attached hydrogen (secondary N) is 1. The number of halogens is 1. The SMILES string of the molecule is CC(C)(C)SNCc1ccc(Br)nc1. The Balaban J connectivity index is 2.35. The van der Waals surface area contributed by atoms with Crippen molar-refractivity contribution in [2.75, 3.05) is 0 Å². The van der Waals surface area contributed by atoms with Crippen LogP contribution in [0, 0.1) is 0 Å². The highest BCUT2D eigenvalue weighted by atomic mass is 79.9. The van der Waals surface area contributed by atoms with E-state index < -0.39 is 0 Å². The van der Waals surface area contributed by atoms with Gasteiger partial charge in [0, 0.05) is 17.5 Å². The van der Waals surface area contributed by atoms with Crippen molar-refractivity contribution in [3.8, 4) is 0 Å². The minimum absolute atomic E-state index is 0.253. The molecule has 0 radical (unpaired) electrons. The van der Waals surface area contributed by atoms with Crippen molar-refractivity contribution in [3.63, 3.8) is 0 Å². The predicted molar refractivity (Wildman–Crippen MR) is 66.1 cm³/mol. The summed E-state index contributed by atoms with van der Waals surface area (Å²) in [4.78, 5) is 4.16. The van der Waals surface area contributed by atoms with E-state index in [0.717, 1.165) is 11.1 Å². The molecule has 0 atom stereocenters. The summed E-state index contributed by atoms with van der Waals surface area (Å²) in [5.41, 5.74) is 1.20. The minimum Gasteiger partial charge on any atom is -0.259 e. The Kier molecular flexibility index (Phi) is 4.41. The molecule has 0 saturated carbocycles. The van der Waals surface area contributed by atoms with Gasteiger partial charge in [-0.3, -0.25) is 4.72 Å². The highest BCUT2D eigenvalue weighted by molar-refractivity contribution is 9.10. The van der Waals surface area contributed by atoms with Crippen LogP contribution in [0.3, 0.4) is 0 Å². The van der Waals surface area contributed by atoms with Crippen LogP contribution in [0.1, 0.15) is 26.3 Å². The molecule has 0 unspecified atom stereocenters. The van der Waals surface area contributed by atoms with Gasteiger partial charge in [0.1, 0.15) is 4.60 Å². The van der Waals surface area contributed by atoms with Crippen molar-refractivity contribution in [3.05, 3.63) is 28.5 Å². The summed E-state index contributed by atoms with van der Waals surface area (Å²) in [7, 11) is 0. The molecule has 14 heavy (non-hydrogen) atoms. The van der Waals surface area contributed by atoms with Crippen LogP contribution in [0.5, 0.6) is 0 Å². The van der Waals surface area contributed by atoms with Crippen LogP contribution in [0.25, 0.3) is 0 Å². The van der Waals surface area contributed by atoms with E-state index in [1.54, 1.807) is 11.9 Å². The van der Waals surface area contributed by atoms with Crippen LogP contribution in [0.4, 0.5) is 0 Å². The molecule has 4 heteroatoms. The van der Waals surface area contributed by atoms with E-state index >= 15 is 0 Å². The van der Waals surface area contributed by atoms with Crippen LogP contribution in [0.15, 0.2) is 22.9 Å². The van der Waals surface area contributed by atoms with Crippen LogP contribution < -0.4 is 4.72 Å². The molecular weight excluding hydrogens is 260 g/mol. The minimum atomic E-state index is 0.253. The van der Waals surface area contributed by atoms with Crippen LogP contribution in [0.2, 0.25) is 0 Å². The lowest BCUT2D eigenvalue weighted by Gasteiger charge is -2.17. The van der Waals surface area contributed by atoms with E-state index in [1.165, 1.54) is 5.56 Å². The first-order valence-corrected chi connectivity index (χ1v) is 6.09. The highest BCUT2D eigenvalue weighted by Crippen LogP contribution is 2.19. The van der Waals surface area contributed by atoms with E-state index in [1.807, 2.05) is 12.3 Å². The molecule has 0 aliphatic heterocycles. The predicted octanol–water partition coefficient (Wildman–Crippen LogP) is 3.38. The standard InChI is InChI=1S/C10H15BrN2S/c1-10(2,3)14-13-7-8-4-5-9(11)12-6-8/h4-6,13H,7H2,1-3H3. The van der Waals surface area contributed by atoms with Crippen molar-refractivity contribution in [1.29, 1.82) is 0 Å². The zero-order chi connectivity index (χ0) is 10.6. The molecule has 0 fully saturated rings. The first kappa shape index (κ1) is 12.0. The summed E-state index contributed by atoms with van der Waals surface area (Å²) >= 11 is 5.05. The average Bonchev–Trinajstić information content (AvgIpc) is 2.06. The molecule has 0 aliphatic carbocycles. The van der Waals surface area contributed by atoms with E-state index in [4.69, 9.17) is 0 Å². The fourth-order valence-corrected chi connectivity index (χ4v) is 1.75. The number of pyridine rings is 1. The molecule has 2 nitrogen and oxygen atoms in total. The average molecular weight is 275 g/mol. The van der Waals surface area contributed by atoms with E-state index in [0.29, 0.717) is 0 Å². The summed E-state index contributed by atoms with van der Waals surface area (Å²) in [6.07, 6.45) is 1.88. The van der Waals surface area contributed by atoms with Gasteiger partial charge in [0.2, 0.25) is 0 Å². The number of rotatable bonds is 3. The van der Waals surface area contributed by atoms with Gasteiger partial charge in [-0.25, -0.2) is 4.98 Å². The molecular formula is C10H15BrN2S. The van der Waals surface area contributed by atoms with E-state index in [2.05, 4.69) is 52.5 Å². The summed E-state index contributed by atoms with van der Waals surface area (Å²) in [5.74, 6) is 0. The van der Waals surface area contributed by atoms with Gasteiger partial charge >= 0.3 is 0 Å². The quantitative estimate of drug-likeness (QED) is 0.676. The van der Waals surface area contributed by atoms with E-state index in [9.17, 15) is 0 Å². The number of nitrogens with zero attached hydrogens (tertiary/aromatic N) is 1. The van der Waals surface area contributed by atoms with Crippen LogP contribution >= 0.6 is 27.9 Å². The second-order valence-electron chi connectivity index (χ2n) is 4.02. The number of aromatic nitrogens is 1. The van der Waals surface area contributed by atoms with Crippen molar-refractivity contribution < 1.29 is 0 Å². The van der Waals surface area contributed by atoms with Crippen molar-refractivity contribution in [2.24, 2.45) is 0 Å². The molecule has 1 aromatic rings. The summed E-state index contributed by atoms with van der Waals surface area (Å²) in [5, 5.41) is 0. The Labute approximate surface area is 98.2 Å². The number of hydrogen-bond donors (Lipinski definition) is 1. The number of hydrogen-bond acceptors (Lipinski definition) is 3. The lowest BCUT2D eigenvalue weighted by atomic mass is 10.3. The Morgan fingerprint density at radius 3 is 2.64 bits per heavy atom. The zero-order valence-corrected chi connectivity index (χ0v) is 11.1. The van der Waals surface area contributed by atoms with Gasteiger partial charge in [0.25, 0.3) is 0 Å². The van der Waals surface area contributed by atoms with Gasteiger partial charge in [-0.15, -0.1) is 0 Å². The largest absolute Gasteiger partial charge is 0.259 e. The first-order chi connectivity index (χ1) is 6.47. The molecule has 0 bridgehead atoms. The maximum absolute atomic E-state index is 4.16. The molecule has 0 spiro atoms. The van der Waals surface area contributed by atoms with Crippen molar-refractivity contribution in [2.45, 2.75) is 32.1 Å². The molecule has 0 amide bonds. The van der Waals surface area contributed by atoms with Gasteiger partial charge in [-0.1, -0.05) is 18.0 Å². The molecule has 78 valence electrons. The lowest BCUT2D eigenvalue weighted by molar-refractivity contribution is 0.787. The van der Waals surface area contributed by atoms with Crippen molar-refractivity contribution >= 4 is 27.9 Å². The van der Waals surface area contributed by atoms with Crippen LogP contribution in [-0.2, 0) is 6.54 Å². The second kappa shape index (κ2) is 5.14. The topological polar surface area (TPSA) is 24.9 Å². The summed E-state index contributed by atoms with van der Waals surface area (Å²) in [6.45, 7) is 7.40. The Bertz CT molecular complexity index is 279. The third-order valence-corrected chi connectivity index (χ3v) is 2.81. The van der Waals surface area contributed by atoms with Gasteiger partial charge in [0.05, 0.1) is 0 Å². The smallest absolute Gasteiger partial charge is 0.106 e. The molecule has 1 N–H and O–H groups in total. The monoisotopic (exact) mass is 274 g/mol. The van der Waals surface area contributed by atoms with Crippen molar-refractivity contribution in [1.82, 2.24) is 9.71 Å². The van der Waals surface area contributed by atoms with Gasteiger partial charge < -0.3 is 0 Å². The summed E-state index contributed by atoms with van der Waals surface area (Å²) < 4.78 is 4.45. The third kappa shape index (κ3) is 4.98. The lowest BCUT2D eigenvalue weighted by Crippen LogP contribution is -2.16. The van der Waals surface area contributed by atoms with E-state index in [-0.39, 0.29) is 4.75 Å². The van der Waals surface area contributed by atoms with Crippen LogP contribution in [-0.4, -0.2) is 9.73 Å². The third-order valence-electron chi connectivity index (χ3n) is 1.44. The highest BCUT2D eigenvalue weighted by Gasteiger charge is 2.09. The zero-order valence-electron chi connectivity index (χ0n) is 8.67. The fourth-order valence-electron chi connectivity index (χ4n) is 0.847. The maximum atomic E-state index is 4.16.